The molecule has 10 nitrogen and oxygen atoms in total. The summed E-state index contributed by atoms with van der Waals surface area (Å²) < 4.78 is 5.52. The number of ether oxygens (including phenoxy) is 1. The fraction of sp³-hybridized carbons (Fsp3) is 0.389. The summed E-state index contributed by atoms with van der Waals surface area (Å²) in [5, 5.41) is 22.9. The molecule has 1 fully saturated rings. The third-order valence-corrected chi connectivity index (χ3v) is 5.20. The van der Waals surface area contributed by atoms with E-state index in [1.54, 1.807) is 0 Å². The van der Waals surface area contributed by atoms with E-state index in [1.165, 1.54) is 38.1 Å². The number of benzene rings is 1. The molecule has 1 saturated heterocycles. The number of β-lactam (4-membered cyclic amide) rings is 1. The molecule has 2 rings (SSSR count). The number of carboxylic acids is 1. The van der Waals surface area contributed by atoms with Crippen LogP contribution in [0.25, 0.3) is 0 Å². The van der Waals surface area contributed by atoms with Gasteiger partial charge in [-0.3, -0.25) is 19.7 Å². The van der Waals surface area contributed by atoms with Crippen molar-refractivity contribution in [3.05, 3.63) is 46.5 Å². The van der Waals surface area contributed by atoms with Gasteiger partial charge in [0.15, 0.2) is 17.4 Å². The second-order valence-corrected chi connectivity index (χ2v) is 7.65. The van der Waals surface area contributed by atoms with Gasteiger partial charge >= 0.3 is 11.7 Å². The van der Waals surface area contributed by atoms with Crippen molar-refractivity contribution in [1.82, 2.24) is 10.2 Å². The van der Waals surface area contributed by atoms with Crippen molar-refractivity contribution in [3.63, 3.8) is 0 Å². The molecule has 1 aliphatic heterocycles. The predicted octanol–water partition coefficient (Wildman–Crippen LogP) is 1.89. The maximum atomic E-state index is 12.7. The van der Waals surface area contributed by atoms with E-state index in [4.69, 9.17) is 27.9 Å². The first kappa shape index (κ1) is 23.4. The maximum absolute atomic E-state index is 12.7. The molecular formula is C18H19Cl2N3O7. The Morgan fingerprint density at radius 1 is 1.43 bits per heavy atom. The van der Waals surface area contributed by atoms with Gasteiger partial charge in [0.25, 0.3) is 11.8 Å². The number of hydrogen-bond donors (Lipinski definition) is 2. The van der Waals surface area contributed by atoms with Crippen LogP contribution in [0.3, 0.4) is 0 Å². The van der Waals surface area contributed by atoms with E-state index in [9.17, 15) is 29.6 Å². The summed E-state index contributed by atoms with van der Waals surface area (Å²) in [6.07, 6.45) is 0. The van der Waals surface area contributed by atoms with Crippen LogP contribution in [0.4, 0.5) is 5.69 Å². The van der Waals surface area contributed by atoms with E-state index in [-0.39, 0.29) is 22.9 Å². The van der Waals surface area contributed by atoms with Gasteiger partial charge in [0.05, 0.1) is 4.92 Å². The minimum atomic E-state index is -1.60. The van der Waals surface area contributed by atoms with E-state index >= 15 is 0 Å². The summed E-state index contributed by atoms with van der Waals surface area (Å²) in [5.41, 5.74) is -3.03. The first-order valence-electron chi connectivity index (χ1n) is 8.58. The van der Waals surface area contributed by atoms with E-state index in [0.29, 0.717) is 0 Å². The van der Waals surface area contributed by atoms with Gasteiger partial charge in [-0.05, 0) is 25.5 Å². The first-order valence-corrected chi connectivity index (χ1v) is 9.55. The summed E-state index contributed by atoms with van der Waals surface area (Å²) in [4.78, 5) is 47.9. The first-order chi connectivity index (χ1) is 13.9. The summed E-state index contributed by atoms with van der Waals surface area (Å²) in [6.45, 7) is 6.25. The zero-order valence-corrected chi connectivity index (χ0v) is 17.5. The smallest absolute Gasteiger partial charge is 0.330 e. The number of para-hydroxylation sites is 2. The van der Waals surface area contributed by atoms with Crippen molar-refractivity contribution in [2.75, 3.05) is 5.88 Å². The average Bonchev–Trinajstić information content (AvgIpc) is 2.68. The van der Waals surface area contributed by atoms with Gasteiger partial charge < -0.3 is 20.1 Å². The van der Waals surface area contributed by atoms with E-state index in [1.807, 2.05) is 0 Å². The molecule has 1 aliphatic rings. The Hall–Kier alpha value is -2.85. The number of alkyl halides is 2. The van der Waals surface area contributed by atoms with Crippen LogP contribution in [0.1, 0.15) is 13.8 Å². The zero-order chi connectivity index (χ0) is 22.8. The SMILES string of the molecule is C=C(CCl)C(C(=O)O)N1C(=O)C(NC(=O)C(C)(C)Oc2ccccc2[N+](=O)[O-])C1Cl. The van der Waals surface area contributed by atoms with Gasteiger partial charge in [0.2, 0.25) is 0 Å². The highest BCUT2D eigenvalue weighted by atomic mass is 35.5. The molecule has 1 aromatic rings. The maximum Gasteiger partial charge on any atom is 0.330 e. The molecule has 1 heterocycles. The summed E-state index contributed by atoms with van der Waals surface area (Å²) in [7, 11) is 0. The fourth-order valence-electron chi connectivity index (χ4n) is 2.77. The molecule has 0 saturated carbocycles. The standard InChI is InChI=1S/C18H19Cl2N3O7/c1-9(8-19)13(16(25)26)22-14(20)12(15(22)24)21-17(27)18(2,3)30-11-7-5-4-6-10(11)23(28)29/h4-7,12-14H,1,8H2,2-3H3,(H,21,27)(H,25,26). The van der Waals surface area contributed by atoms with Gasteiger partial charge in [-0.1, -0.05) is 30.3 Å². The second-order valence-electron chi connectivity index (χ2n) is 6.94. The second kappa shape index (κ2) is 8.88. The van der Waals surface area contributed by atoms with Gasteiger partial charge in [-0.2, -0.15) is 0 Å². The third-order valence-electron chi connectivity index (χ3n) is 4.39. The Morgan fingerprint density at radius 3 is 2.53 bits per heavy atom. The van der Waals surface area contributed by atoms with Crippen LogP contribution in [-0.4, -0.2) is 61.8 Å². The van der Waals surface area contributed by atoms with Gasteiger partial charge in [-0.25, -0.2) is 4.79 Å². The van der Waals surface area contributed by atoms with Crippen LogP contribution in [-0.2, 0) is 14.4 Å². The van der Waals surface area contributed by atoms with Crippen molar-refractivity contribution in [3.8, 4) is 5.75 Å². The Labute approximate surface area is 181 Å². The number of halogens is 2. The van der Waals surface area contributed by atoms with Crippen LogP contribution in [0.5, 0.6) is 5.75 Å². The summed E-state index contributed by atoms with van der Waals surface area (Å²) >= 11 is 11.8. The lowest BCUT2D eigenvalue weighted by Gasteiger charge is -2.47. The number of carbonyl (C=O) groups is 3. The topological polar surface area (TPSA) is 139 Å². The monoisotopic (exact) mass is 459 g/mol. The Kier molecular flexibility index (Phi) is 6.94. The molecule has 2 N–H and O–H groups in total. The minimum absolute atomic E-state index is 0.0630. The van der Waals surface area contributed by atoms with Crippen molar-refractivity contribution in [1.29, 1.82) is 0 Å². The largest absolute Gasteiger partial charge is 0.479 e. The van der Waals surface area contributed by atoms with E-state index in [0.717, 1.165) is 4.90 Å². The number of nitro groups is 1. The molecule has 30 heavy (non-hydrogen) atoms. The van der Waals surface area contributed by atoms with Crippen molar-refractivity contribution in [2.24, 2.45) is 0 Å². The lowest BCUT2D eigenvalue weighted by molar-refractivity contribution is -0.386. The molecule has 0 aliphatic carbocycles. The average molecular weight is 460 g/mol. The quantitative estimate of drug-likeness (QED) is 0.143. The molecule has 0 aromatic heterocycles. The third kappa shape index (κ3) is 4.49. The number of nitro benzene ring substituents is 1. The van der Waals surface area contributed by atoms with Crippen molar-refractivity contribution >= 4 is 46.7 Å². The lowest BCUT2D eigenvalue weighted by atomic mass is 9.98. The van der Waals surface area contributed by atoms with Crippen LogP contribution in [0.15, 0.2) is 36.4 Å². The van der Waals surface area contributed by atoms with E-state index < -0.39 is 45.9 Å². The Bertz CT molecular complexity index is 906. The van der Waals surface area contributed by atoms with Crippen LogP contribution in [0, 0.1) is 10.1 Å². The van der Waals surface area contributed by atoms with Crippen LogP contribution in [0.2, 0.25) is 0 Å². The minimum Gasteiger partial charge on any atom is -0.479 e. The highest BCUT2D eigenvalue weighted by Gasteiger charge is 2.53. The van der Waals surface area contributed by atoms with Gasteiger partial charge in [0.1, 0.15) is 11.5 Å². The molecule has 0 spiro atoms. The summed E-state index contributed by atoms with van der Waals surface area (Å²) in [6, 6.07) is 2.88. The normalized spacial score (nSPS) is 19.5. The number of rotatable bonds is 9. The van der Waals surface area contributed by atoms with Crippen molar-refractivity contribution in [2.45, 2.75) is 37.0 Å². The van der Waals surface area contributed by atoms with Gasteiger partial charge in [-0.15, -0.1) is 11.6 Å². The molecule has 3 atom stereocenters. The van der Waals surface area contributed by atoms with Gasteiger partial charge in [0, 0.05) is 11.9 Å². The number of aliphatic carboxylic acids is 1. The number of hydrogen-bond acceptors (Lipinski definition) is 6. The molecule has 0 radical (unpaired) electrons. The molecule has 0 bridgehead atoms. The molecule has 1 aromatic carbocycles. The lowest BCUT2D eigenvalue weighted by Crippen LogP contribution is -2.73. The highest BCUT2D eigenvalue weighted by Crippen LogP contribution is 2.32. The number of carboxylic acid groups (broad SMARTS) is 1. The molecule has 12 heteroatoms. The Morgan fingerprint density at radius 2 is 2.03 bits per heavy atom. The number of nitrogens with one attached hydrogen (secondary N) is 1. The predicted molar refractivity (Wildman–Crippen MR) is 108 cm³/mol. The van der Waals surface area contributed by atoms with Crippen molar-refractivity contribution < 1.29 is 29.2 Å². The van der Waals surface area contributed by atoms with Crippen LogP contribution >= 0.6 is 23.2 Å². The zero-order valence-electron chi connectivity index (χ0n) is 16.0. The Balaban J connectivity index is 2.13. The number of nitrogens with zero attached hydrogens (tertiary/aromatic N) is 2. The number of amides is 2. The highest BCUT2D eigenvalue weighted by molar-refractivity contribution is 6.27. The molecular weight excluding hydrogens is 441 g/mol. The summed E-state index contributed by atoms with van der Waals surface area (Å²) in [5.74, 6) is -3.19. The number of likely N-dealkylation sites (tertiary alicyclic amines) is 1. The number of carbonyl (C=O) groups excluding carboxylic acids is 2. The van der Waals surface area contributed by atoms with Crippen LogP contribution < -0.4 is 10.1 Å². The molecule has 2 amide bonds. The fourth-order valence-corrected chi connectivity index (χ4v) is 3.30. The van der Waals surface area contributed by atoms with E-state index in [2.05, 4.69) is 11.9 Å². The molecule has 162 valence electrons. The molecule has 3 unspecified atom stereocenters.